The number of hydrogen-bond donors (Lipinski definition) is 0. The molecule has 106 valence electrons. The van der Waals surface area contributed by atoms with E-state index in [-0.39, 0.29) is 10.0 Å². The fraction of sp³-hybridized carbons (Fsp3) is 0.167. The van der Waals surface area contributed by atoms with Crippen molar-refractivity contribution in [2.24, 2.45) is 0 Å². The van der Waals surface area contributed by atoms with Gasteiger partial charge >= 0.3 is 0 Å². The smallest absolute Gasteiger partial charge is 0.161 e. The lowest BCUT2D eigenvalue weighted by atomic mass is 10.1. The minimum atomic E-state index is -1.23. The van der Waals surface area contributed by atoms with Crippen molar-refractivity contribution in [3.63, 3.8) is 0 Å². The van der Waals surface area contributed by atoms with Gasteiger partial charge in [-0.05, 0) is 18.2 Å². The lowest BCUT2D eigenvalue weighted by Crippen LogP contribution is -2.32. The van der Waals surface area contributed by atoms with Crippen LogP contribution in [-0.2, 0) is 0 Å². The van der Waals surface area contributed by atoms with Gasteiger partial charge in [0.25, 0.3) is 0 Å². The third-order valence-electron chi connectivity index (χ3n) is 2.78. The van der Waals surface area contributed by atoms with Crippen molar-refractivity contribution < 1.29 is 4.74 Å². The van der Waals surface area contributed by atoms with E-state index in [1.165, 1.54) is 11.8 Å². The maximum absolute atomic E-state index is 6.26. The molecule has 3 rings (SSSR count). The first-order valence-corrected chi connectivity index (χ1v) is 8.44. The molecule has 1 aromatic carbocycles. The number of halogens is 6. The van der Waals surface area contributed by atoms with Crippen molar-refractivity contribution in [1.82, 2.24) is 0 Å². The van der Waals surface area contributed by atoms with E-state index in [0.29, 0.717) is 16.5 Å². The predicted molar refractivity (Wildman–Crippen MR) is 88.2 cm³/mol. The molecule has 0 radical (unpaired) electrons. The molecule has 1 nitrogen and oxygen atoms in total. The highest BCUT2D eigenvalue weighted by atomic mass is 35.5. The first kappa shape index (κ1) is 15.5. The SMILES string of the molecule is Clc1cc2c(c(Cl)c1Cl)OC1=C(C=CC(Cl)(Cl)C1Cl)S2. The van der Waals surface area contributed by atoms with Crippen molar-refractivity contribution in [3.8, 4) is 5.75 Å². The molecule has 0 amide bonds. The molecule has 0 aromatic heterocycles. The van der Waals surface area contributed by atoms with Crippen LogP contribution in [0.15, 0.2) is 33.8 Å². The van der Waals surface area contributed by atoms with Crippen LogP contribution >= 0.6 is 81.4 Å². The van der Waals surface area contributed by atoms with Gasteiger partial charge in [-0.2, -0.15) is 0 Å². The summed E-state index contributed by atoms with van der Waals surface area (Å²) in [5.74, 6) is 0.867. The van der Waals surface area contributed by atoms with Gasteiger partial charge in [-0.25, -0.2) is 0 Å². The Morgan fingerprint density at radius 3 is 2.55 bits per heavy atom. The van der Waals surface area contributed by atoms with Crippen LogP contribution in [-0.4, -0.2) is 9.71 Å². The summed E-state index contributed by atoms with van der Waals surface area (Å²) in [6.07, 6.45) is 3.38. The molecule has 0 spiro atoms. The highest BCUT2D eigenvalue weighted by Crippen LogP contribution is 2.54. The van der Waals surface area contributed by atoms with Crippen LogP contribution in [0.2, 0.25) is 15.1 Å². The van der Waals surface area contributed by atoms with Gasteiger partial charge in [0.2, 0.25) is 0 Å². The largest absolute Gasteiger partial charge is 0.456 e. The van der Waals surface area contributed by atoms with E-state index in [0.717, 1.165) is 9.80 Å². The summed E-state index contributed by atoms with van der Waals surface area (Å²) in [4.78, 5) is 1.57. The Labute approximate surface area is 149 Å². The summed E-state index contributed by atoms with van der Waals surface area (Å²) in [5, 5.41) is 0.109. The second kappa shape index (κ2) is 5.34. The zero-order chi connectivity index (χ0) is 14.7. The first-order chi connectivity index (χ1) is 9.31. The summed E-state index contributed by atoms with van der Waals surface area (Å²) in [6, 6.07) is 1.69. The zero-order valence-corrected chi connectivity index (χ0v) is 14.7. The Morgan fingerprint density at radius 2 is 1.85 bits per heavy atom. The maximum Gasteiger partial charge on any atom is 0.161 e. The Hall–Kier alpha value is 0.590. The molecule has 8 heteroatoms. The highest BCUT2D eigenvalue weighted by molar-refractivity contribution is 8.03. The maximum atomic E-state index is 6.26. The minimum Gasteiger partial charge on any atom is -0.456 e. The number of rotatable bonds is 0. The molecule has 0 saturated heterocycles. The Kier molecular flexibility index (Phi) is 4.14. The van der Waals surface area contributed by atoms with Gasteiger partial charge in [0, 0.05) is 0 Å². The molecule has 1 aliphatic carbocycles. The van der Waals surface area contributed by atoms with Gasteiger partial charge < -0.3 is 4.74 Å². The average molecular weight is 409 g/mol. The molecule has 0 saturated carbocycles. The summed E-state index contributed by atoms with van der Waals surface area (Å²) in [7, 11) is 0. The van der Waals surface area contributed by atoms with E-state index in [9.17, 15) is 0 Å². The first-order valence-electron chi connectivity index (χ1n) is 5.30. The van der Waals surface area contributed by atoms with Crippen molar-refractivity contribution in [1.29, 1.82) is 0 Å². The van der Waals surface area contributed by atoms with Gasteiger partial charge in [0.15, 0.2) is 10.1 Å². The van der Waals surface area contributed by atoms with Crippen LogP contribution in [0.25, 0.3) is 0 Å². The molecule has 1 atom stereocenters. The van der Waals surface area contributed by atoms with Gasteiger partial charge in [-0.1, -0.05) is 69.8 Å². The molecular formula is C12H4Cl6OS. The Morgan fingerprint density at radius 1 is 1.15 bits per heavy atom. The van der Waals surface area contributed by atoms with E-state index in [1.807, 2.05) is 0 Å². The number of allylic oxidation sites excluding steroid dienone is 3. The lowest BCUT2D eigenvalue weighted by Gasteiger charge is -2.32. The number of benzene rings is 1. The van der Waals surface area contributed by atoms with Crippen LogP contribution in [0.1, 0.15) is 0 Å². The second-order valence-electron chi connectivity index (χ2n) is 4.12. The van der Waals surface area contributed by atoms with Crippen LogP contribution in [0, 0.1) is 0 Å². The Bertz CT molecular complexity index is 666. The molecule has 1 aromatic rings. The molecule has 0 fully saturated rings. The summed E-state index contributed by atoms with van der Waals surface area (Å²) in [5.41, 5.74) is 0. The molecule has 1 heterocycles. The number of thioether (sulfide) groups is 1. The summed E-state index contributed by atoms with van der Waals surface area (Å²) in [6.45, 7) is 0. The monoisotopic (exact) mass is 406 g/mol. The predicted octanol–water partition coefficient (Wildman–Crippen LogP) is 6.69. The number of fused-ring (bicyclic) bond motifs is 1. The summed E-state index contributed by atoms with van der Waals surface area (Å²) < 4.78 is 4.55. The highest BCUT2D eigenvalue weighted by Gasteiger charge is 2.42. The fourth-order valence-corrected chi connectivity index (χ4v) is 4.22. The average Bonchev–Trinajstić information content (AvgIpc) is 2.40. The van der Waals surface area contributed by atoms with E-state index in [2.05, 4.69) is 0 Å². The van der Waals surface area contributed by atoms with Crippen molar-refractivity contribution in [3.05, 3.63) is 44.0 Å². The quantitative estimate of drug-likeness (QED) is 0.349. The van der Waals surface area contributed by atoms with Gasteiger partial charge in [-0.15, -0.1) is 11.6 Å². The molecule has 20 heavy (non-hydrogen) atoms. The Balaban J connectivity index is 2.10. The normalized spacial score (nSPS) is 23.2. The van der Waals surface area contributed by atoms with E-state index in [4.69, 9.17) is 74.3 Å². The van der Waals surface area contributed by atoms with Gasteiger partial charge in [0.05, 0.1) is 19.8 Å². The molecule has 2 aliphatic rings. The van der Waals surface area contributed by atoms with Crippen LogP contribution in [0.5, 0.6) is 5.75 Å². The third kappa shape index (κ3) is 2.44. The second-order valence-corrected chi connectivity index (χ2v) is 8.24. The topological polar surface area (TPSA) is 9.23 Å². The van der Waals surface area contributed by atoms with Crippen molar-refractivity contribution >= 4 is 81.4 Å². The third-order valence-corrected chi connectivity index (χ3v) is 6.56. The lowest BCUT2D eigenvalue weighted by molar-refractivity contribution is 0.389. The van der Waals surface area contributed by atoms with Gasteiger partial charge in [-0.3, -0.25) is 0 Å². The van der Waals surface area contributed by atoms with Crippen LogP contribution < -0.4 is 4.74 Å². The van der Waals surface area contributed by atoms with Crippen molar-refractivity contribution in [2.45, 2.75) is 14.6 Å². The van der Waals surface area contributed by atoms with Crippen molar-refractivity contribution in [2.75, 3.05) is 0 Å². The number of alkyl halides is 3. The molecule has 1 unspecified atom stereocenters. The molecule has 0 N–H and O–H groups in total. The zero-order valence-electron chi connectivity index (χ0n) is 9.39. The minimum absolute atomic E-state index is 0.234. The summed E-state index contributed by atoms with van der Waals surface area (Å²) >= 11 is 38.1. The fourth-order valence-electron chi connectivity index (χ4n) is 1.80. The van der Waals surface area contributed by atoms with Crippen LogP contribution in [0.4, 0.5) is 0 Å². The molecule has 0 bridgehead atoms. The number of hydrogen-bond acceptors (Lipinski definition) is 2. The molecular weight excluding hydrogens is 405 g/mol. The standard InChI is InChI=1S/C12H4Cl6OS/c13-4-3-6-9(8(15)7(4)14)19-10-5(20-6)1-2-12(17,18)11(10)16/h1-3,11H. The van der Waals surface area contributed by atoms with E-state index < -0.39 is 9.71 Å². The van der Waals surface area contributed by atoms with E-state index in [1.54, 1.807) is 18.2 Å². The number of ether oxygens (including phenoxy) is 1. The van der Waals surface area contributed by atoms with E-state index >= 15 is 0 Å². The van der Waals surface area contributed by atoms with Crippen LogP contribution in [0.3, 0.4) is 0 Å². The molecule has 1 aliphatic heterocycles. The van der Waals surface area contributed by atoms with Gasteiger partial charge in [0.1, 0.15) is 16.2 Å².